The second-order valence-electron chi connectivity index (χ2n) is 4.43. The van der Waals surface area contributed by atoms with Gasteiger partial charge in [-0.2, -0.15) is 0 Å². The molecule has 0 saturated carbocycles. The first kappa shape index (κ1) is 14.1. The zero-order valence-corrected chi connectivity index (χ0v) is 12.2. The molecule has 0 aliphatic heterocycles. The van der Waals surface area contributed by atoms with E-state index in [1.54, 1.807) is 22.6 Å². The molecule has 1 aliphatic rings. The first-order valence-electron chi connectivity index (χ1n) is 5.72. The number of aliphatic hydroxyl groups excluding tert-OH is 2. The minimum Gasteiger partial charge on any atom is -0.511 e. The van der Waals surface area contributed by atoms with Crippen LogP contribution in [0.5, 0.6) is 0 Å². The normalized spacial score (nSPS) is 26.0. The first-order valence-corrected chi connectivity index (χ1v) is 6.79. The predicted octanol–water partition coefficient (Wildman–Crippen LogP) is 2.58. The molecule has 0 fully saturated rings. The Balaban J connectivity index is 2.34. The summed E-state index contributed by atoms with van der Waals surface area (Å²) in [4.78, 5) is 11.9. The lowest BCUT2D eigenvalue weighted by atomic mass is 9.93. The maximum atomic E-state index is 11.9. The van der Waals surface area contributed by atoms with E-state index in [2.05, 4.69) is 0 Å². The highest BCUT2D eigenvalue weighted by Crippen LogP contribution is 2.33. The third kappa shape index (κ3) is 3.36. The van der Waals surface area contributed by atoms with E-state index in [-0.39, 0.29) is 29.9 Å². The Morgan fingerprint density at radius 3 is 2.53 bits per heavy atom. The van der Waals surface area contributed by atoms with E-state index in [9.17, 15) is 20.1 Å². The summed E-state index contributed by atoms with van der Waals surface area (Å²) < 4.78 is -1.39. The van der Waals surface area contributed by atoms with Crippen molar-refractivity contribution in [2.24, 2.45) is 0 Å². The summed E-state index contributed by atoms with van der Waals surface area (Å²) in [5.74, 6) is -1.02. The number of aliphatic hydroxyl groups is 3. The molecular weight excluding hydrogens is 359 g/mol. The van der Waals surface area contributed by atoms with Gasteiger partial charge in [0.25, 0.3) is 0 Å². The fourth-order valence-electron chi connectivity index (χ4n) is 1.98. The SMILES string of the molecule is O=C1CC(O)(I)C=C(O)C1=C(O)Cc1ccccc1. The van der Waals surface area contributed by atoms with E-state index >= 15 is 0 Å². The van der Waals surface area contributed by atoms with Gasteiger partial charge in [0.05, 0.1) is 12.0 Å². The largest absolute Gasteiger partial charge is 0.511 e. The van der Waals surface area contributed by atoms with Gasteiger partial charge >= 0.3 is 0 Å². The summed E-state index contributed by atoms with van der Waals surface area (Å²) in [5.41, 5.74) is 0.730. The number of halogens is 1. The second-order valence-corrected chi connectivity index (χ2v) is 6.30. The van der Waals surface area contributed by atoms with Crippen molar-refractivity contribution < 1.29 is 20.1 Å². The van der Waals surface area contributed by atoms with Crippen molar-refractivity contribution in [2.45, 2.75) is 16.4 Å². The molecule has 0 aromatic heterocycles. The Bertz CT molecular complexity index is 558. The molecule has 100 valence electrons. The number of carbonyl (C=O) groups is 1. The lowest BCUT2D eigenvalue weighted by Gasteiger charge is -2.23. The summed E-state index contributed by atoms with van der Waals surface area (Å²) in [5, 5.41) is 29.5. The quantitative estimate of drug-likeness (QED) is 0.323. The van der Waals surface area contributed by atoms with Crippen LogP contribution >= 0.6 is 22.6 Å². The molecule has 1 atom stereocenters. The maximum absolute atomic E-state index is 11.9. The van der Waals surface area contributed by atoms with Gasteiger partial charge in [0.1, 0.15) is 15.1 Å². The molecule has 1 aromatic rings. The van der Waals surface area contributed by atoms with Crippen molar-refractivity contribution in [3.8, 4) is 0 Å². The zero-order chi connectivity index (χ0) is 14.0. The van der Waals surface area contributed by atoms with Crippen LogP contribution in [0.4, 0.5) is 0 Å². The number of rotatable bonds is 2. The van der Waals surface area contributed by atoms with Crippen molar-refractivity contribution in [2.75, 3.05) is 0 Å². The summed E-state index contributed by atoms with van der Waals surface area (Å²) in [6, 6.07) is 9.15. The standard InChI is InChI=1S/C14H13IO4/c15-14(19)7-11(17)13(12(18)8-14)10(16)6-9-4-2-1-3-5-9/h1-5,7,16-17,19H,6,8H2. The summed E-state index contributed by atoms with van der Waals surface area (Å²) in [6.07, 6.45) is 1.18. The molecule has 3 N–H and O–H groups in total. The topological polar surface area (TPSA) is 77.8 Å². The maximum Gasteiger partial charge on any atom is 0.174 e. The first-order chi connectivity index (χ1) is 8.89. The Morgan fingerprint density at radius 2 is 1.95 bits per heavy atom. The summed E-state index contributed by atoms with van der Waals surface area (Å²) in [6.45, 7) is 0. The van der Waals surface area contributed by atoms with Gasteiger partial charge in [0, 0.05) is 12.5 Å². The molecule has 0 saturated heterocycles. The Kier molecular flexibility index (Phi) is 3.96. The van der Waals surface area contributed by atoms with E-state index in [1.807, 2.05) is 30.3 Å². The van der Waals surface area contributed by atoms with E-state index in [4.69, 9.17) is 0 Å². The molecule has 1 aliphatic carbocycles. The van der Waals surface area contributed by atoms with Crippen LogP contribution in [0.2, 0.25) is 0 Å². The molecule has 2 rings (SSSR count). The summed E-state index contributed by atoms with van der Waals surface area (Å²) in [7, 11) is 0. The van der Waals surface area contributed by atoms with E-state index in [0.717, 1.165) is 5.56 Å². The fourth-order valence-corrected chi connectivity index (χ4v) is 2.62. The minimum atomic E-state index is -1.39. The molecule has 0 bridgehead atoms. The highest BCUT2D eigenvalue weighted by atomic mass is 127. The number of carbonyl (C=O) groups excluding carboxylic acids is 1. The molecule has 1 aromatic carbocycles. The molecule has 0 heterocycles. The smallest absolute Gasteiger partial charge is 0.174 e. The van der Waals surface area contributed by atoms with Crippen LogP contribution < -0.4 is 0 Å². The number of allylic oxidation sites excluding steroid dienone is 2. The Labute approximate surface area is 124 Å². The van der Waals surface area contributed by atoms with Crippen LogP contribution in [0, 0.1) is 0 Å². The van der Waals surface area contributed by atoms with Crippen LogP contribution in [0.25, 0.3) is 0 Å². The van der Waals surface area contributed by atoms with Gasteiger partial charge in [0.15, 0.2) is 5.78 Å². The summed E-state index contributed by atoms with van der Waals surface area (Å²) >= 11 is 1.67. The number of benzene rings is 1. The fraction of sp³-hybridized carbons (Fsp3) is 0.214. The molecule has 5 heteroatoms. The molecule has 4 nitrogen and oxygen atoms in total. The third-order valence-corrected chi connectivity index (χ3v) is 3.50. The van der Waals surface area contributed by atoms with Gasteiger partial charge in [-0.3, -0.25) is 4.79 Å². The van der Waals surface area contributed by atoms with Gasteiger partial charge in [-0.25, -0.2) is 0 Å². The molecule has 1 unspecified atom stereocenters. The van der Waals surface area contributed by atoms with Crippen molar-refractivity contribution >= 4 is 28.4 Å². The van der Waals surface area contributed by atoms with Crippen molar-refractivity contribution in [3.05, 3.63) is 59.1 Å². The molecule has 0 spiro atoms. The van der Waals surface area contributed by atoms with Crippen molar-refractivity contribution in [1.29, 1.82) is 0 Å². The Hall–Kier alpha value is -1.34. The van der Waals surface area contributed by atoms with Crippen molar-refractivity contribution in [3.63, 3.8) is 0 Å². The average molecular weight is 372 g/mol. The number of alkyl halides is 1. The van der Waals surface area contributed by atoms with Gasteiger partial charge in [-0.05, 0) is 28.2 Å². The van der Waals surface area contributed by atoms with Crippen molar-refractivity contribution in [1.82, 2.24) is 0 Å². The van der Waals surface area contributed by atoms with Crippen LogP contribution in [-0.4, -0.2) is 24.7 Å². The van der Waals surface area contributed by atoms with Crippen LogP contribution in [0.15, 0.2) is 53.5 Å². The highest BCUT2D eigenvalue weighted by Gasteiger charge is 2.35. The van der Waals surface area contributed by atoms with Gasteiger partial charge in [-0.15, -0.1) is 0 Å². The van der Waals surface area contributed by atoms with Gasteiger partial charge < -0.3 is 15.3 Å². The van der Waals surface area contributed by atoms with Gasteiger partial charge in [0.2, 0.25) is 0 Å². The van der Waals surface area contributed by atoms with Crippen LogP contribution in [-0.2, 0) is 11.2 Å². The predicted molar refractivity (Wildman–Crippen MR) is 79.1 cm³/mol. The molecule has 0 amide bonds. The lowest BCUT2D eigenvalue weighted by molar-refractivity contribution is -0.117. The van der Waals surface area contributed by atoms with Gasteiger partial charge in [-0.1, -0.05) is 30.3 Å². The molecule has 19 heavy (non-hydrogen) atoms. The van der Waals surface area contributed by atoms with Crippen LogP contribution in [0.3, 0.4) is 0 Å². The Morgan fingerprint density at radius 1 is 1.32 bits per heavy atom. The number of ketones is 1. The van der Waals surface area contributed by atoms with E-state index in [0.29, 0.717) is 0 Å². The van der Waals surface area contributed by atoms with E-state index in [1.165, 1.54) is 6.08 Å². The molecular formula is C14H13IO4. The van der Waals surface area contributed by atoms with Crippen LogP contribution in [0.1, 0.15) is 12.0 Å². The highest BCUT2D eigenvalue weighted by molar-refractivity contribution is 14.1. The second kappa shape index (κ2) is 5.34. The average Bonchev–Trinajstić information content (AvgIpc) is 2.27. The number of hydrogen-bond acceptors (Lipinski definition) is 4. The van der Waals surface area contributed by atoms with E-state index < -0.39 is 9.39 Å². The lowest BCUT2D eigenvalue weighted by Crippen LogP contribution is -2.29. The monoisotopic (exact) mass is 372 g/mol. The minimum absolute atomic E-state index is 0.106. The third-order valence-electron chi connectivity index (χ3n) is 2.80. The zero-order valence-electron chi connectivity index (χ0n) is 10.0. The number of hydrogen-bond donors (Lipinski definition) is 3. The molecule has 0 radical (unpaired) electrons. The number of Topliss-reactive ketones (excluding diaryl/α,β-unsaturated/α-hetero) is 1.